The van der Waals surface area contributed by atoms with Gasteiger partial charge in [0.05, 0.1) is 5.70 Å². The minimum absolute atomic E-state index is 0.795. The maximum absolute atomic E-state index is 4.24. The van der Waals surface area contributed by atoms with E-state index in [2.05, 4.69) is 70.5 Å². The van der Waals surface area contributed by atoms with Crippen LogP contribution in [0.15, 0.2) is 77.2 Å². The van der Waals surface area contributed by atoms with Crippen molar-refractivity contribution >= 4 is 6.72 Å². The van der Waals surface area contributed by atoms with Gasteiger partial charge in [0.15, 0.2) is 0 Å². The number of nitrogens with one attached hydrogen (secondary N) is 1. The number of hydrogen-bond acceptors (Lipinski definition) is 3. The molecule has 0 atom stereocenters. The number of allylic oxidation sites excluding steroid dienone is 1. The van der Waals surface area contributed by atoms with Gasteiger partial charge >= 0.3 is 0 Å². The van der Waals surface area contributed by atoms with Crippen LogP contribution in [0.5, 0.6) is 0 Å². The number of hydrogen-bond donors (Lipinski definition) is 1. The fourth-order valence-electron chi connectivity index (χ4n) is 2.38. The molecule has 1 N–H and O–H groups in total. The van der Waals surface area contributed by atoms with Gasteiger partial charge < -0.3 is 10.2 Å². The van der Waals surface area contributed by atoms with Gasteiger partial charge in [-0.1, -0.05) is 60.7 Å². The van der Waals surface area contributed by atoms with Gasteiger partial charge in [-0.2, -0.15) is 0 Å². The van der Waals surface area contributed by atoms with Crippen LogP contribution in [0.4, 0.5) is 0 Å². The summed E-state index contributed by atoms with van der Waals surface area (Å²) < 4.78 is 0. The van der Waals surface area contributed by atoms with Crippen LogP contribution in [-0.4, -0.2) is 18.7 Å². The molecule has 0 aliphatic carbocycles. The van der Waals surface area contributed by atoms with E-state index in [0.717, 1.165) is 24.6 Å². The molecule has 3 nitrogen and oxygen atoms in total. The molecule has 2 rings (SSSR count). The van der Waals surface area contributed by atoms with Crippen LogP contribution >= 0.6 is 0 Å². The predicted octanol–water partition coefficient (Wildman–Crippen LogP) is 3.80. The van der Waals surface area contributed by atoms with Gasteiger partial charge in [0, 0.05) is 20.1 Å². The molecule has 0 fully saturated rings. The van der Waals surface area contributed by atoms with Crippen molar-refractivity contribution in [3.8, 4) is 0 Å². The third-order valence-corrected chi connectivity index (χ3v) is 3.59. The molecule has 0 saturated carbocycles. The van der Waals surface area contributed by atoms with Gasteiger partial charge in [-0.15, -0.1) is 0 Å². The first-order chi connectivity index (χ1) is 10.7. The Kier molecular flexibility index (Phi) is 5.78. The average Bonchev–Trinajstić information content (AvgIpc) is 2.57. The Morgan fingerprint density at radius 2 is 1.41 bits per heavy atom. The van der Waals surface area contributed by atoms with E-state index in [1.54, 1.807) is 0 Å². The molecule has 22 heavy (non-hydrogen) atoms. The minimum atomic E-state index is 0.795. The van der Waals surface area contributed by atoms with Crippen molar-refractivity contribution < 1.29 is 0 Å². The molecule has 0 aliphatic heterocycles. The third kappa shape index (κ3) is 4.22. The van der Waals surface area contributed by atoms with Crippen LogP contribution in [0.3, 0.4) is 0 Å². The summed E-state index contributed by atoms with van der Waals surface area (Å²) in [5.74, 6) is 0.884. The van der Waals surface area contributed by atoms with Gasteiger partial charge in [-0.3, -0.25) is 0 Å². The lowest BCUT2D eigenvalue weighted by molar-refractivity contribution is 0.320. The molecule has 0 bridgehead atoms. The van der Waals surface area contributed by atoms with Crippen molar-refractivity contribution in [3.05, 3.63) is 83.3 Å². The maximum Gasteiger partial charge on any atom is 0.147 e. The van der Waals surface area contributed by atoms with Gasteiger partial charge in [0.25, 0.3) is 0 Å². The van der Waals surface area contributed by atoms with Crippen molar-refractivity contribution in [2.45, 2.75) is 20.0 Å². The monoisotopic (exact) mass is 293 g/mol. The van der Waals surface area contributed by atoms with E-state index in [-0.39, 0.29) is 0 Å². The van der Waals surface area contributed by atoms with E-state index in [0.29, 0.717) is 0 Å². The van der Waals surface area contributed by atoms with Crippen molar-refractivity contribution in [2.75, 3.05) is 7.05 Å². The second kappa shape index (κ2) is 8.03. The Morgan fingerprint density at radius 3 is 1.77 bits per heavy atom. The van der Waals surface area contributed by atoms with Crippen LogP contribution < -0.4 is 5.32 Å². The molecular formula is C19H23N3. The van der Waals surface area contributed by atoms with Crippen LogP contribution in [0.2, 0.25) is 0 Å². The first-order valence-corrected chi connectivity index (χ1v) is 7.42. The highest BCUT2D eigenvalue weighted by Gasteiger charge is 2.12. The van der Waals surface area contributed by atoms with Crippen LogP contribution in [0, 0.1) is 0 Å². The quantitative estimate of drug-likeness (QED) is 0.786. The summed E-state index contributed by atoms with van der Waals surface area (Å²) in [6, 6.07) is 20.8. The van der Waals surface area contributed by atoms with Gasteiger partial charge in [0.2, 0.25) is 0 Å². The van der Waals surface area contributed by atoms with E-state index >= 15 is 0 Å². The Morgan fingerprint density at radius 1 is 0.955 bits per heavy atom. The fourth-order valence-corrected chi connectivity index (χ4v) is 2.38. The van der Waals surface area contributed by atoms with Crippen molar-refractivity contribution in [3.63, 3.8) is 0 Å². The Bertz CT molecular complexity index is 576. The lowest BCUT2D eigenvalue weighted by Crippen LogP contribution is -2.24. The number of nitrogens with zero attached hydrogens (tertiary/aromatic N) is 2. The molecule has 0 aromatic heterocycles. The molecule has 2 aromatic rings. The highest BCUT2D eigenvalue weighted by Crippen LogP contribution is 2.18. The number of aliphatic imine (C=N–C) groups is 1. The summed E-state index contributed by atoms with van der Waals surface area (Å²) in [4.78, 5) is 6.48. The summed E-state index contributed by atoms with van der Waals surface area (Å²) >= 11 is 0. The Hall–Kier alpha value is -2.55. The van der Waals surface area contributed by atoms with E-state index in [9.17, 15) is 0 Å². The standard InChI is InChI=1S/C19H23N3/c1-16(20-2)19(21-3)22(14-17-10-6-4-7-11-17)15-18-12-8-5-9-13-18/h4-13,20H,3,14-15H2,1-2H3/b19-16-. The smallest absolute Gasteiger partial charge is 0.147 e. The molecule has 3 heteroatoms. The first-order valence-electron chi connectivity index (χ1n) is 7.42. The maximum atomic E-state index is 4.24. The zero-order valence-electron chi connectivity index (χ0n) is 13.3. The molecular weight excluding hydrogens is 270 g/mol. The lowest BCUT2D eigenvalue weighted by Gasteiger charge is -2.26. The van der Waals surface area contributed by atoms with E-state index in [1.165, 1.54) is 11.1 Å². The van der Waals surface area contributed by atoms with Gasteiger partial charge in [-0.05, 0) is 24.8 Å². The van der Waals surface area contributed by atoms with Crippen molar-refractivity contribution in [1.82, 2.24) is 10.2 Å². The van der Waals surface area contributed by atoms with Crippen molar-refractivity contribution in [1.29, 1.82) is 0 Å². The van der Waals surface area contributed by atoms with Crippen molar-refractivity contribution in [2.24, 2.45) is 4.99 Å². The largest absolute Gasteiger partial charge is 0.389 e. The normalized spacial score (nSPS) is 11.5. The molecule has 0 unspecified atom stereocenters. The predicted molar refractivity (Wildman–Crippen MR) is 93.4 cm³/mol. The van der Waals surface area contributed by atoms with E-state index in [1.807, 2.05) is 26.1 Å². The van der Waals surface area contributed by atoms with E-state index in [4.69, 9.17) is 0 Å². The Labute approximate surface area is 133 Å². The molecule has 0 saturated heterocycles. The summed E-state index contributed by atoms with van der Waals surface area (Å²) in [6.07, 6.45) is 0. The van der Waals surface area contributed by atoms with Crippen LogP contribution in [0.25, 0.3) is 0 Å². The van der Waals surface area contributed by atoms with Gasteiger partial charge in [-0.25, -0.2) is 4.99 Å². The van der Waals surface area contributed by atoms with Crippen LogP contribution in [-0.2, 0) is 13.1 Å². The Balaban J connectivity index is 2.29. The lowest BCUT2D eigenvalue weighted by atomic mass is 10.1. The molecule has 0 radical (unpaired) electrons. The molecule has 0 amide bonds. The summed E-state index contributed by atoms with van der Waals surface area (Å²) in [5, 5.41) is 3.17. The summed E-state index contributed by atoms with van der Waals surface area (Å²) in [7, 11) is 1.91. The highest BCUT2D eigenvalue weighted by atomic mass is 15.2. The highest BCUT2D eigenvalue weighted by molar-refractivity contribution is 5.31. The molecule has 0 heterocycles. The minimum Gasteiger partial charge on any atom is -0.389 e. The second-order valence-electron chi connectivity index (χ2n) is 5.18. The van der Waals surface area contributed by atoms with E-state index < -0.39 is 0 Å². The van der Waals surface area contributed by atoms with Gasteiger partial charge in [0.1, 0.15) is 5.82 Å². The molecule has 2 aromatic carbocycles. The second-order valence-corrected chi connectivity index (χ2v) is 5.18. The zero-order chi connectivity index (χ0) is 15.8. The summed E-state index contributed by atoms with van der Waals surface area (Å²) in [5.41, 5.74) is 3.52. The average molecular weight is 293 g/mol. The zero-order valence-corrected chi connectivity index (χ0v) is 13.3. The SMILES string of the molecule is C=N/C(=C(\C)NC)N(Cc1ccccc1)Cc1ccccc1. The topological polar surface area (TPSA) is 27.6 Å². The van der Waals surface area contributed by atoms with Crippen LogP contribution in [0.1, 0.15) is 18.1 Å². The third-order valence-electron chi connectivity index (χ3n) is 3.59. The number of rotatable bonds is 7. The first kappa shape index (κ1) is 15.8. The molecule has 0 spiro atoms. The number of benzene rings is 2. The molecule has 0 aliphatic rings. The fraction of sp³-hybridized carbons (Fsp3) is 0.211. The molecule has 114 valence electrons. The summed E-state index contributed by atoms with van der Waals surface area (Å²) in [6.45, 7) is 7.35.